The fourth-order valence-corrected chi connectivity index (χ4v) is 3.85. The number of nitrogens with one attached hydrogen (secondary N) is 1. The van der Waals surface area contributed by atoms with Gasteiger partial charge in [-0.2, -0.15) is 0 Å². The van der Waals surface area contributed by atoms with Gasteiger partial charge in [-0.15, -0.1) is 0 Å². The lowest BCUT2D eigenvalue weighted by molar-refractivity contribution is -0.123. The number of rotatable bonds is 6. The van der Waals surface area contributed by atoms with Gasteiger partial charge in [-0.1, -0.05) is 66.5 Å². The molecule has 1 heterocycles. The Hall–Kier alpha value is -1.55. The molecule has 2 aromatic rings. The Morgan fingerprint density at radius 3 is 2.65 bits per heavy atom. The largest absolute Gasteiger partial charge is 0.352 e. The maximum Gasteiger partial charge on any atom is 0.227 e. The Morgan fingerprint density at radius 2 is 1.96 bits per heavy atom. The number of hydrogen-bond acceptors (Lipinski definition) is 2. The number of amides is 1. The van der Waals surface area contributed by atoms with Gasteiger partial charge in [0.2, 0.25) is 5.91 Å². The molecule has 1 N–H and O–H groups in total. The van der Waals surface area contributed by atoms with Crippen LogP contribution in [0.25, 0.3) is 0 Å². The minimum absolute atomic E-state index is 0.0671. The molecule has 2 aromatic carbocycles. The van der Waals surface area contributed by atoms with Gasteiger partial charge >= 0.3 is 0 Å². The van der Waals surface area contributed by atoms with Crippen LogP contribution < -0.4 is 5.32 Å². The van der Waals surface area contributed by atoms with Crippen molar-refractivity contribution in [2.45, 2.75) is 38.3 Å². The van der Waals surface area contributed by atoms with Crippen LogP contribution in [0.15, 0.2) is 48.5 Å². The van der Waals surface area contributed by atoms with Crippen molar-refractivity contribution in [2.75, 3.05) is 13.1 Å². The average Bonchev–Trinajstić information content (AvgIpc) is 3.06. The first-order chi connectivity index (χ1) is 12.6. The molecule has 0 aliphatic carbocycles. The van der Waals surface area contributed by atoms with Crippen molar-refractivity contribution < 1.29 is 4.79 Å². The molecule has 2 unspecified atom stereocenters. The predicted octanol–water partition coefficient (Wildman–Crippen LogP) is 4.88. The molecule has 0 spiro atoms. The molecule has 3 rings (SSSR count). The highest BCUT2D eigenvalue weighted by molar-refractivity contribution is 6.42. The van der Waals surface area contributed by atoms with Crippen molar-refractivity contribution in [3.05, 3.63) is 69.7 Å². The summed E-state index contributed by atoms with van der Waals surface area (Å²) in [4.78, 5) is 15.2. The first-order valence-electron chi connectivity index (χ1n) is 9.08. The molecule has 138 valence electrons. The van der Waals surface area contributed by atoms with Gasteiger partial charge < -0.3 is 5.32 Å². The van der Waals surface area contributed by atoms with Crippen molar-refractivity contribution in [3.8, 4) is 0 Å². The molecule has 1 saturated heterocycles. The standard InChI is InChI=1S/C21H24Cl2N2O/c1-2-18(16-8-9-19(22)20(23)12-16)21(26)24-17-10-11-25(14-17)13-15-6-4-3-5-7-15/h3-9,12,17-18H,2,10-11,13-14H2,1H3,(H,24,26). The van der Waals surface area contributed by atoms with Crippen LogP contribution in [0.2, 0.25) is 10.0 Å². The van der Waals surface area contributed by atoms with Gasteiger partial charge in [0.1, 0.15) is 0 Å². The second-order valence-corrected chi connectivity index (χ2v) is 7.66. The molecule has 2 atom stereocenters. The first kappa shape index (κ1) is 19.2. The van der Waals surface area contributed by atoms with E-state index in [0.29, 0.717) is 10.0 Å². The summed E-state index contributed by atoms with van der Waals surface area (Å²) in [6.07, 6.45) is 1.71. The lowest BCUT2D eigenvalue weighted by atomic mass is 9.95. The summed E-state index contributed by atoms with van der Waals surface area (Å²) < 4.78 is 0. The second kappa shape index (κ2) is 8.90. The molecule has 26 heavy (non-hydrogen) atoms. The van der Waals surface area contributed by atoms with E-state index in [2.05, 4.69) is 34.5 Å². The molecule has 0 aromatic heterocycles. The third kappa shape index (κ3) is 4.79. The molecule has 0 radical (unpaired) electrons. The van der Waals surface area contributed by atoms with E-state index < -0.39 is 0 Å². The van der Waals surface area contributed by atoms with Crippen LogP contribution in [0.3, 0.4) is 0 Å². The Kier molecular flexibility index (Phi) is 6.58. The topological polar surface area (TPSA) is 32.3 Å². The van der Waals surface area contributed by atoms with Crippen LogP contribution in [-0.2, 0) is 11.3 Å². The van der Waals surface area contributed by atoms with E-state index in [9.17, 15) is 4.79 Å². The number of carbonyl (C=O) groups is 1. The fourth-order valence-electron chi connectivity index (χ4n) is 3.54. The zero-order chi connectivity index (χ0) is 18.5. The molecular formula is C21H24Cl2N2O. The number of halogens is 2. The van der Waals surface area contributed by atoms with E-state index in [4.69, 9.17) is 23.2 Å². The molecule has 0 saturated carbocycles. The van der Waals surface area contributed by atoms with E-state index in [1.807, 2.05) is 19.1 Å². The Labute approximate surface area is 165 Å². The number of carbonyl (C=O) groups excluding carboxylic acids is 1. The molecule has 1 amide bonds. The molecule has 1 aliphatic rings. The Morgan fingerprint density at radius 1 is 1.19 bits per heavy atom. The predicted molar refractivity (Wildman–Crippen MR) is 108 cm³/mol. The summed E-state index contributed by atoms with van der Waals surface area (Å²) in [6.45, 7) is 4.84. The monoisotopic (exact) mass is 390 g/mol. The lowest BCUT2D eigenvalue weighted by Crippen LogP contribution is -2.39. The van der Waals surface area contributed by atoms with Crippen molar-refractivity contribution in [3.63, 3.8) is 0 Å². The van der Waals surface area contributed by atoms with E-state index >= 15 is 0 Å². The third-order valence-corrected chi connectivity index (χ3v) is 5.68. The highest BCUT2D eigenvalue weighted by Gasteiger charge is 2.27. The maximum atomic E-state index is 12.8. The molecule has 1 aliphatic heterocycles. The van der Waals surface area contributed by atoms with Crippen molar-refractivity contribution in [2.24, 2.45) is 0 Å². The second-order valence-electron chi connectivity index (χ2n) is 6.85. The Bertz CT molecular complexity index is 751. The summed E-state index contributed by atoms with van der Waals surface area (Å²) >= 11 is 12.1. The van der Waals surface area contributed by atoms with Gasteiger partial charge in [0, 0.05) is 25.7 Å². The summed E-state index contributed by atoms with van der Waals surface area (Å²) in [6, 6.07) is 16.1. The molecule has 1 fully saturated rings. The Balaban J connectivity index is 1.57. The van der Waals surface area contributed by atoms with Gasteiger partial charge in [0.25, 0.3) is 0 Å². The van der Waals surface area contributed by atoms with Crippen LogP contribution >= 0.6 is 23.2 Å². The molecular weight excluding hydrogens is 367 g/mol. The van der Waals surface area contributed by atoms with E-state index in [-0.39, 0.29) is 17.9 Å². The highest BCUT2D eigenvalue weighted by Crippen LogP contribution is 2.28. The van der Waals surface area contributed by atoms with Crippen molar-refractivity contribution in [1.29, 1.82) is 0 Å². The van der Waals surface area contributed by atoms with Crippen molar-refractivity contribution in [1.82, 2.24) is 10.2 Å². The minimum Gasteiger partial charge on any atom is -0.352 e. The first-order valence-corrected chi connectivity index (χ1v) is 9.84. The van der Waals surface area contributed by atoms with Gasteiger partial charge in [-0.05, 0) is 36.1 Å². The van der Waals surface area contributed by atoms with Crippen LogP contribution in [-0.4, -0.2) is 29.9 Å². The minimum atomic E-state index is -0.201. The smallest absolute Gasteiger partial charge is 0.227 e. The summed E-state index contributed by atoms with van der Waals surface area (Å²) in [5.74, 6) is -0.134. The fraction of sp³-hybridized carbons (Fsp3) is 0.381. The van der Waals surface area contributed by atoms with Crippen LogP contribution in [0.4, 0.5) is 0 Å². The quantitative estimate of drug-likeness (QED) is 0.762. The van der Waals surface area contributed by atoms with Crippen LogP contribution in [0.1, 0.15) is 36.8 Å². The van der Waals surface area contributed by atoms with Crippen LogP contribution in [0, 0.1) is 0 Å². The SMILES string of the molecule is CCC(C(=O)NC1CCN(Cc2ccccc2)C1)c1ccc(Cl)c(Cl)c1. The summed E-state index contributed by atoms with van der Waals surface area (Å²) in [5, 5.41) is 4.22. The zero-order valence-electron chi connectivity index (χ0n) is 14.9. The van der Waals surface area contributed by atoms with E-state index in [1.54, 1.807) is 12.1 Å². The normalized spacial score (nSPS) is 18.7. The van der Waals surface area contributed by atoms with Gasteiger partial charge in [-0.25, -0.2) is 0 Å². The van der Waals surface area contributed by atoms with E-state index in [1.165, 1.54) is 5.56 Å². The van der Waals surface area contributed by atoms with E-state index in [0.717, 1.165) is 38.0 Å². The molecule has 0 bridgehead atoms. The van der Waals surface area contributed by atoms with Crippen molar-refractivity contribution >= 4 is 29.1 Å². The average molecular weight is 391 g/mol. The molecule has 5 heteroatoms. The number of nitrogens with zero attached hydrogens (tertiary/aromatic N) is 1. The summed E-state index contributed by atoms with van der Waals surface area (Å²) in [7, 11) is 0. The maximum absolute atomic E-state index is 12.8. The zero-order valence-corrected chi connectivity index (χ0v) is 16.4. The van der Waals surface area contributed by atoms with Crippen LogP contribution in [0.5, 0.6) is 0 Å². The molecule has 3 nitrogen and oxygen atoms in total. The number of hydrogen-bond donors (Lipinski definition) is 1. The van der Waals surface area contributed by atoms with Gasteiger partial charge in [-0.3, -0.25) is 9.69 Å². The number of benzene rings is 2. The third-order valence-electron chi connectivity index (χ3n) is 4.94. The lowest BCUT2D eigenvalue weighted by Gasteiger charge is -2.20. The summed E-state index contributed by atoms with van der Waals surface area (Å²) in [5.41, 5.74) is 2.22. The highest BCUT2D eigenvalue weighted by atomic mass is 35.5. The number of likely N-dealkylation sites (tertiary alicyclic amines) is 1. The van der Waals surface area contributed by atoms with Gasteiger partial charge in [0.15, 0.2) is 0 Å². The van der Waals surface area contributed by atoms with Gasteiger partial charge in [0.05, 0.1) is 16.0 Å².